The van der Waals surface area contributed by atoms with Gasteiger partial charge in [-0.3, -0.25) is 9.69 Å². The maximum atomic E-state index is 12.3. The molecule has 0 aromatic rings. The van der Waals surface area contributed by atoms with Crippen molar-refractivity contribution in [2.45, 2.75) is 71.3 Å². The lowest BCUT2D eigenvalue weighted by Gasteiger charge is -2.43. The molecule has 0 aromatic heterocycles. The molecule has 0 aromatic carbocycles. The predicted molar refractivity (Wildman–Crippen MR) is 109 cm³/mol. The van der Waals surface area contributed by atoms with Crippen molar-refractivity contribution in [1.29, 1.82) is 0 Å². The molecule has 0 radical (unpaired) electrons. The zero-order valence-electron chi connectivity index (χ0n) is 17.3. The van der Waals surface area contributed by atoms with Gasteiger partial charge in [0.2, 0.25) is 5.91 Å². The van der Waals surface area contributed by atoms with E-state index in [9.17, 15) is 4.79 Å². The summed E-state index contributed by atoms with van der Waals surface area (Å²) in [5.74, 6) is 1.18. The molecular weight excluding hydrogens is 324 g/mol. The summed E-state index contributed by atoms with van der Waals surface area (Å²) < 4.78 is 0. The van der Waals surface area contributed by atoms with E-state index in [1.54, 1.807) is 0 Å². The monoisotopic (exact) mass is 366 g/mol. The average Bonchev–Trinajstić information content (AvgIpc) is 2.65. The van der Waals surface area contributed by atoms with Gasteiger partial charge in [0, 0.05) is 51.7 Å². The Morgan fingerprint density at radius 1 is 0.962 bits per heavy atom. The number of nitrogens with zero attached hydrogens (tertiary/aromatic N) is 3. The van der Waals surface area contributed by atoms with Crippen LogP contribution in [0.25, 0.3) is 0 Å². The topological polar surface area (TPSA) is 52.8 Å². The molecule has 26 heavy (non-hydrogen) atoms. The van der Waals surface area contributed by atoms with Gasteiger partial charge in [-0.15, -0.1) is 0 Å². The Morgan fingerprint density at radius 3 is 2.27 bits per heavy atom. The van der Waals surface area contributed by atoms with E-state index in [1.165, 1.54) is 45.6 Å². The molecule has 0 unspecified atom stereocenters. The highest BCUT2D eigenvalue weighted by Crippen LogP contribution is 2.19. The van der Waals surface area contributed by atoms with Crippen molar-refractivity contribution in [2.75, 3.05) is 52.4 Å². The molecule has 0 atom stereocenters. The van der Waals surface area contributed by atoms with Crippen LogP contribution in [0, 0.1) is 5.92 Å². The Balaban J connectivity index is 1.59. The molecule has 2 fully saturated rings. The van der Waals surface area contributed by atoms with E-state index >= 15 is 0 Å². The van der Waals surface area contributed by atoms with Crippen LogP contribution in [0.1, 0.15) is 65.2 Å². The molecule has 2 rings (SSSR count). The first-order chi connectivity index (χ1) is 12.6. The minimum Gasteiger partial charge on any atom is -0.343 e. The maximum Gasteiger partial charge on any atom is 0.222 e. The van der Waals surface area contributed by atoms with Gasteiger partial charge in [0.25, 0.3) is 0 Å². The van der Waals surface area contributed by atoms with Crippen LogP contribution in [0.2, 0.25) is 0 Å². The third-order valence-electron chi connectivity index (χ3n) is 6.09. The van der Waals surface area contributed by atoms with Crippen molar-refractivity contribution in [3.05, 3.63) is 0 Å². The molecule has 0 aliphatic carbocycles. The van der Waals surface area contributed by atoms with Crippen molar-refractivity contribution in [3.63, 3.8) is 0 Å². The fourth-order valence-electron chi connectivity index (χ4n) is 4.31. The van der Waals surface area contributed by atoms with E-state index in [2.05, 4.69) is 28.5 Å². The van der Waals surface area contributed by atoms with Gasteiger partial charge in [0.15, 0.2) is 0 Å². The first-order valence-corrected chi connectivity index (χ1v) is 11.0. The number of carbonyl (C=O) groups is 1. The van der Waals surface area contributed by atoms with Crippen LogP contribution in [-0.2, 0) is 4.79 Å². The van der Waals surface area contributed by atoms with E-state index in [4.69, 9.17) is 5.73 Å². The number of carbonyl (C=O) groups excluding carboxylic acids is 1. The van der Waals surface area contributed by atoms with Crippen LogP contribution in [0.15, 0.2) is 0 Å². The summed E-state index contributed by atoms with van der Waals surface area (Å²) in [7, 11) is 0. The number of unbranched alkanes of at least 4 members (excludes halogenated alkanes) is 2. The molecule has 1 amide bonds. The summed E-state index contributed by atoms with van der Waals surface area (Å²) in [5.41, 5.74) is 5.52. The van der Waals surface area contributed by atoms with Gasteiger partial charge >= 0.3 is 0 Å². The number of hydrogen-bond donors (Lipinski definition) is 1. The Kier molecular flexibility index (Phi) is 9.94. The van der Waals surface area contributed by atoms with Crippen LogP contribution in [0.4, 0.5) is 0 Å². The van der Waals surface area contributed by atoms with E-state index in [1.807, 2.05) is 0 Å². The molecule has 2 aliphatic heterocycles. The second-order valence-electron chi connectivity index (χ2n) is 8.62. The maximum absolute atomic E-state index is 12.3. The number of nitrogens with two attached hydrogens (primary N) is 1. The first-order valence-electron chi connectivity index (χ1n) is 11.0. The fourth-order valence-corrected chi connectivity index (χ4v) is 4.31. The lowest BCUT2D eigenvalue weighted by molar-refractivity contribution is -0.133. The van der Waals surface area contributed by atoms with E-state index in [0.29, 0.717) is 18.4 Å². The van der Waals surface area contributed by atoms with Gasteiger partial charge in [0.05, 0.1) is 0 Å². The van der Waals surface area contributed by atoms with Crippen LogP contribution in [0.5, 0.6) is 0 Å². The molecule has 0 spiro atoms. The standard InChI is InChI=1S/C21H42N4O/c1-19(2)7-6-12-23-15-17-24(18-16-23)20-9-13-25(14-10-20)21(26)8-4-3-5-11-22/h19-20H,3-18,22H2,1-2H3. The number of likely N-dealkylation sites (tertiary alicyclic amines) is 1. The van der Waals surface area contributed by atoms with Crippen molar-refractivity contribution >= 4 is 5.91 Å². The quantitative estimate of drug-likeness (QED) is 0.604. The van der Waals surface area contributed by atoms with Gasteiger partial charge in [-0.05, 0) is 57.5 Å². The second kappa shape index (κ2) is 11.9. The molecule has 0 saturated carbocycles. The lowest BCUT2D eigenvalue weighted by atomic mass is 10.0. The summed E-state index contributed by atoms with van der Waals surface area (Å²) in [6.07, 6.45) is 8.82. The van der Waals surface area contributed by atoms with Crippen molar-refractivity contribution in [3.8, 4) is 0 Å². The molecule has 0 bridgehead atoms. The van der Waals surface area contributed by atoms with E-state index < -0.39 is 0 Å². The number of hydrogen-bond acceptors (Lipinski definition) is 4. The molecule has 2 saturated heterocycles. The van der Waals surface area contributed by atoms with Crippen LogP contribution < -0.4 is 5.73 Å². The van der Waals surface area contributed by atoms with Gasteiger partial charge in [-0.2, -0.15) is 0 Å². The zero-order chi connectivity index (χ0) is 18.8. The normalized spacial score (nSPS) is 20.8. The summed E-state index contributed by atoms with van der Waals surface area (Å²) in [4.78, 5) is 19.7. The molecule has 5 heteroatoms. The van der Waals surface area contributed by atoms with Crippen LogP contribution in [-0.4, -0.2) is 79.0 Å². The molecule has 2 N–H and O–H groups in total. The van der Waals surface area contributed by atoms with Crippen molar-refractivity contribution in [2.24, 2.45) is 11.7 Å². The Labute approximate surface area is 161 Å². The van der Waals surface area contributed by atoms with Gasteiger partial charge in [-0.1, -0.05) is 20.3 Å². The Bertz CT molecular complexity index is 385. The predicted octanol–water partition coefficient (Wildman–Crippen LogP) is 2.55. The van der Waals surface area contributed by atoms with Crippen LogP contribution in [0.3, 0.4) is 0 Å². The number of piperidine rings is 1. The Hall–Kier alpha value is -0.650. The van der Waals surface area contributed by atoms with Crippen molar-refractivity contribution < 1.29 is 4.79 Å². The van der Waals surface area contributed by atoms with Gasteiger partial charge in [0.1, 0.15) is 0 Å². The lowest BCUT2D eigenvalue weighted by Crippen LogP contribution is -2.53. The van der Waals surface area contributed by atoms with Gasteiger partial charge < -0.3 is 15.5 Å². The summed E-state index contributed by atoms with van der Waals surface area (Å²) in [6, 6.07) is 0.689. The van der Waals surface area contributed by atoms with E-state index in [-0.39, 0.29) is 0 Å². The van der Waals surface area contributed by atoms with E-state index in [0.717, 1.165) is 57.7 Å². The largest absolute Gasteiger partial charge is 0.343 e. The first kappa shape index (κ1) is 21.6. The molecular formula is C21H42N4O. The van der Waals surface area contributed by atoms with Crippen molar-refractivity contribution in [1.82, 2.24) is 14.7 Å². The third-order valence-corrected chi connectivity index (χ3v) is 6.09. The summed E-state index contributed by atoms with van der Waals surface area (Å²) in [5, 5.41) is 0. The minimum atomic E-state index is 0.357. The molecule has 2 heterocycles. The number of piperazine rings is 1. The summed E-state index contributed by atoms with van der Waals surface area (Å²) >= 11 is 0. The molecule has 2 aliphatic rings. The van der Waals surface area contributed by atoms with Gasteiger partial charge in [-0.25, -0.2) is 0 Å². The average molecular weight is 367 g/mol. The SMILES string of the molecule is CC(C)CCCN1CCN(C2CCN(C(=O)CCCCCN)CC2)CC1. The highest BCUT2D eigenvalue weighted by Gasteiger charge is 2.28. The smallest absolute Gasteiger partial charge is 0.222 e. The number of rotatable bonds is 10. The third kappa shape index (κ3) is 7.53. The molecule has 152 valence electrons. The minimum absolute atomic E-state index is 0.357. The second-order valence-corrected chi connectivity index (χ2v) is 8.62. The molecule has 5 nitrogen and oxygen atoms in total. The highest BCUT2D eigenvalue weighted by atomic mass is 16.2. The summed E-state index contributed by atoms with van der Waals surface area (Å²) in [6.45, 7) is 13.4. The van der Waals surface area contributed by atoms with Crippen LogP contribution >= 0.6 is 0 Å². The Morgan fingerprint density at radius 2 is 1.65 bits per heavy atom. The zero-order valence-corrected chi connectivity index (χ0v) is 17.3. The number of amides is 1. The highest BCUT2D eigenvalue weighted by molar-refractivity contribution is 5.76. The fraction of sp³-hybridized carbons (Fsp3) is 0.952.